The first-order valence-corrected chi connectivity index (χ1v) is 11.1. The fourth-order valence-electron chi connectivity index (χ4n) is 4.36. The molecule has 0 unspecified atom stereocenters. The highest BCUT2D eigenvalue weighted by molar-refractivity contribution is 6.15. The van der Waals surface area contributed by atoms with Crippen molar-refractivity contribution in [2.24, 2.45) is 0 Å². The van der Waals surface area contributed by atoms with Crippen LogP contribution in [0.15, 0.2) is 72.5 Å². The van der Waals surface area contributed by atoms with Crippen molar-refractivity contribution in [3.05, 3.63) is 89.2 Å². The zero-order chi connectivity index (χ0) is 22.8. The lowest BCUT2D eigenvalue weighted by Gasteiger charge is -2.36. The topological polar surface area (TPSA) is 62.2 Å². The van der Waals surface area contributed by atoms with E-state index in [0.717, 1.165) is 31.7 Å². The number of para-hydroxylation sites is 1. The van der Waals surface area contributed by atoms with Crippen LogP contribution in [0.25, 0.3) is 6.08 Å². The first kappa shape index (κ1) is 21.1. The average molecular weight is 443 g/mol. The molecule has 0 atom stereocenters. The molecular formula is C27H26N2O4. The average Bonchev–Trinajstić information content (AvgIpc) is 3.17. The number of methoxy groups -OCH3 is 1. The Morgan fingerprint density at radius 2 is 1.79 bits per heavy atom. The standard InChI is InChI=1S/C27H26N2O4/c1-32-21-9-5-6-19(16-21)17-25-26(31)22-10-11-24(30)23(27(22)33-25)18-28-12-14-29(15-13-28)20-7-3-2-4-8-20/h2-11,16-17,30H,12-15,18H2,1H3/b25-17-. The number of carbonyl (C=O) groups is 1. The van der Waals surface area contributed by atoms with E-state index in [-0.39, 0.29) is 17.3 Å². The van der Waals surface area contributed by atoms with Crippen LogP contribution in [0, 0.1) is 0 Å². The number of ketones is 1. The minimum atomic E-state index is -0.178. The third-order valence-corrected chi connectivity index (χ3v) is 6.18. The lowest BCUT2D eigenvalue weighted by molar-refractivity contribution is 0.101. The zero-order valence-corrected chi connectivity index (χ0v) is 18.5. The normalized spacial score (nSPS) is 17.2. The Balaban J connectivity index is 1.34. The summed E-state index contributed by atoms with van der Waals surface area (Å²) in [6.07, 6.45) is 1.71. The van der Waals surface area contributed by atoms with Crippen LogP contribution < -0.4 is 14.4 Å². The Morgan fingerprint density at radius 3 is 2.55 bits per heavy atom. The molecule has 0 spiro atoms. The summed E-state index contributed by atoms with van der Waals surface area (Å²) in [5.41, 5.74) is 3.18. The van der Waals surface area contributed by atoms with Crippen molar-refractivity contribution in [1.82, 2.24) is 4.90 Å². The van der Waals surface area contributed by atoms with E-state index in [0.29, 0.717) is 29.2 Å². The fraction of sp³-hybridized carbons (Fsp3) is 0.222. The van der Waals surface area contributed by atoms with Gasteiger partial charge in [0.2, 0.25) is 5.78 Å². The van der Waals surface area contributed by atoms with Gasteiger partial charge in [-0.05, 0) is 48.0 Å². The largest absolute Gasteiger partial charge is 0.507 e. The van der Waals surface area contributed by atoms with Crippen molar-refractivity contribution >= 4 is 17.5 Å². The van der Waals surface area contributed by atoms with Gasteiger partial charge in [0, 0.05) is 38.4 Å². The minimum absolute atomic E-state index is 0.148. The second-order valence-corrected chi connectivity index (χ2v) is 8.26. The number of hydrogen-bond donors (Lipinski definition) is 1. The number of phenols is 1. The molecule has 33 heavy (non-hydrogen) atoms. The number of ether oxygens (including phenoxy) is 2. The summed E-state index contributed by atoms with van der Waals surface area (Å²) in [6.45, 7) is 4.05. The molecule has 2 aliphatic rings. The zero-order valence-electron chi connectivity index (χ0n) is 18.5. The Morgan fingerprint density at radius 1 is 1.00 bits per heavy atom. The molecular weight excluding hydrogens is 416 g/mol. The van der Waals surface area contributed by atoms with Gasteiger partial charge >= 0.3 is 0 Å². The summed E-state index contributed by atoms with van der Waals surface area (Å²) in [5, 5.41) is 10.6. The van der Waals surface area contributed by atoms with Crippen molar-refractivity contribution in [3.8, 4) is 17.2 Å². The van der Waals surface area contributed by atoms with Crippen molar-refractivity contribution in [2.75, 3.05) is 38.2 Å². The van der Waals surface area contributed by atoms with E-state index in [2.05, 4.69) is 34.1 Å². The molecule has 2 heterocycles. The number of aromatic hydroxyl groups is 1. The van der Waals surface area contributed by atoms with E-state index in [1.54, 1.807) is 25.3 Å². The molecule has 168 valence electrons. The van der Waals surface area contributed by atoms with Gasteiger partial charge in [-0.1, -0.05) is 30.3 Å². The van der Waals surface area contributed by atoms with Crippen LogP contribution in [0.5, 0.6) is 17.2 Å². The third kappa shape index (κ3) is 4.30. The first-order chi connectivity index (χ1) is 16.1. The number of fused-ring (bicyclic) bond motifs is 1. The molecule has 1 fully saturated rings. The van der Waals surface area contributed by atoms with Gasteiger partial charge in [-0.2, -0.15) is 0 Å². The SMILES string of the molecule is COc1cccc(/C=C2\Oc3c(ccc(O)c3CN3CCN(c4ccccc4)CC3)C2=O)c1. The van der Waals surface area contributed by atoms with Gasteiger partial charge in [0.15, 0.2) is 5.76 Å². The van der Waals surface area contributed by atoms with Crippen LogP contribution in [-0.4, -0.2) is 49.1 Å². The molecule has 0 aromatic heterocycles. The maximum absolute atomic E-state index is 13.0. The van der Waals surface area contributed by atoms with E-state index < -0.39 is 0 Å². The number of carbonyl (C=O) groups excluding carboxylic acids is 1. The highest BCUT2D eigenvalue weighted by Crippen LogP contribution is 2.40. The molecule has 0 saturated carbocycles. The number of Topliss-reactive ketones (excluding diaryl/α,β-unsaturated/α-hetero) is 1. The molecule has 1 N–H and O–H groups in total. The molecule has 0 amide bonds. The molecule has 0 aliphatic carbocycles. The van der Waals surface area contributed by atoms with E-state index >= 15 is 0 Å². The Labute approximate surface area is 193 Å². The lowest BCUT2D eigenvalue weighted by Crippen LogP contribution is -2.46. The monoisotopic (exact) mass is 442 g/mol. The van der Waals surface area contributed by atoms with Gasteiger partial charge in [-0.15, -0.1) is 0 Å². The van der Waals surface area contributed by atoms with E-state index in [1.165, 1.54) is 5.69 Å². The minimum Gasteiger partial charge on any atom is -0.507 e. The highest BCUT2D eigenvalue weighted by Gasteiger charge is 2.32. The van der Waals surface area contributed by atoms with E-state index in [1.807, 2.05) is 30.3 Å². The second-order valence-electron chi connectivity index (χ2n) is 8.26. The maximum atomic E-state index is 13.0. The third-order valence-electron chi connectivity index (χ3n) is 6.18. The molecule has 2 aliphatic heterocycles. The number of anilines is 1. The Hall–Kier alpha value is -3.77. The molecule has 5 rings (SSSR count). The lowest BCUT2D eigenvalue weighted by atomic mass is 10.0. The molecule has 6 nitrogen and oxygen atoms in total. The number of benzene rings is 3. The summed E-state index contributed by atoms with van der Waals surface area (Å²) in [7, 11) is 1.61. The second kappa shape index (κ2) is 9.00. The number of piperazine rings is 1. The van der Waals surface area contributed by atoms with Gasteiger partial charge in [0.1, 0.15) is 17.2 Å². The summed E-state index contributed by atoms with van der Waals surface area (Å²) in [5.74, 6) is 1.39. The van der Waals surface area contributed by atoms with Crippen LogP contribution in [0.2, 0.25) is 0 Å². The maximum Gasteiger partial charge on any atom is 0.231 e. The fourth-order valence-corrected chi connectivity index (χ4v) is 4.36. The van der Waals surface area contributed by atoms with Gasteiger partial charge in [-0.3, -0.25) is 9.69 Å². The number of nitrogens with zero attached hydrogens (tertiary/aromatic N) is 2. The molecule has 1 saturated heterocycles. The van der Waals surface area contributed by atoms with Crippen LogP contribution in [0.4, 0.5) is 5.69 Å². The first-order valence-electron chi connectivity index (χ1n) is 11.1. The van der Waals surface area contributed by atoms with Crippen molar-refractivity contribution in [3.63, 3.8) is 0 Å². The summed E-state index contributed by atoms with van der Waals surface area (Å²) in [6, 6.07) is 21.1. The Kier molecular flexibility index (Phi) is 5.75. The molecule has 0 bridgehead atoms. The molecule has 3 aromatic carbocycles. The quantitative estimate of drug-likeness (QED) is 0.593. The van der Waals surface area contributed by atoms with Gasteiger partial charge < -0.3 is 19.5 Å². The van der Waals surface area contributed by atoms with Crippen LogP contribution in [0.3, 0.4) is 0 Å². The summed E-state index contributed by atoms with van der Waals surface area (Å²) < 4.78 is 11.3. The summed E-state index contributed by atoms with van der Waals surface area (Å²) >= 11 is 0. The summed E-state index contributed by atoms with van der Waals surface area (Å²) in [4.78, 5) is 17.6. The number of hydrogen-bond acceptors (Lipinski definition) is 6. The number of rotatable bonds is 5. The molecule has 6 heteroatoms. The molecule has 0 radical (unpaired) electrons. The van der Waals surface area contributed by atoms with Crippen LogP contribution in [0.1, 0.15) is 21.5 Å². The number of phenolic OH excluding ortho intramolecular Hbond substituents is 1. The smallest absolute Gasteiger partial charge is 0.231 e. The molecule has 3 aromatic rings. The van der Waals surface area contributed by atoms with Crippen molar-refractivity contribution < 1.29 is 19.4 Å². The number of allylic oxidation sites excluding steroid dienone is 1. The van der Waals surface area contributed by atoms with E-state index in [4.69, 9.17) is 9.47 Å². The van der Waals surface area contributed by atoms with Crippen molar-refractivity contribution in [1.29, 1.82) is 0 Å². The van der Waals surface area contributed by atoms with Gasteiger partial charge in [-0.25, -0.2) is 0 Å². The predicted octanol–water partition coefficient (Wildman–Crippen LogP) is 4.34. The van der Waals surface area contributed by atoms with Gasteiger partial charge in [0.05, 0.1) is 18.2 Å². The van der Waals surface area contributed by atoms with E-state index in [9.17, 15) is 9.90 Å². The highest BCUT2D eigenvalue weighted by atomic mass is 16.5. The van der Waals surface area contributed by atoms with Crippen LogP contribution >= 0.6 is 0 Å². The van der Waals surface area contributed by atoms with Crippen molar-refractivity contribution in [2.45, 2.75) is 6.54 Å². The van der Waals surface area contributed by atoms with Gasteiger partial charge in [0.25, 0.3) is 0 Å². The Bertz CT molecular complexity index is 1200. The van der Waals surface area contributed by atoms with Crippen LogP contribution in [-0.2, 0) is 6.54 Å². The predicted molar refractivity (Wildman–Crippen MR) is 128 cm³/mol.